The number of hydrogen-bond donors (Lipinski definition) is 2. The van der Waals surface area contributed by atoms with Gasteiger partial charge in [-0.1, -0.05) is 55.3 Å². The summed E-state index contributed by atoms with van der Waals surface area (Å²) < 4.78 is 11.7. The van der Waals surface area contributed by atoms with Crippen molar-refractivity contribution in [3.63, 3.8) is 0 Å². The molecule has 5 nitrogen and oxygen atoms in total. The molecule has 8 heteroatoms. The van der Waals surface area contributed by atoms with E-state index in [1.807, 2.05) is 13.0 Å². The fourth-order valence-electron chi connectivity index (χ4n) is 2.70. The van der Waals surface area contributed by atoms with Crippen molar-refractivity contribution in [3.05, 3.63) is 69.7 Å². The van der Waals surface area contributed by atoms with E-state index in [0.29, 0.717) is 52.1 Å². The number of nitrogens with zero attached hydrogens (tertiary/aromatic N) is 1. The Labute approximate surface area is 199 Å². The normalized spacial score (nSPS) is 10.9. The summed E-state index contributed by atoms with van der Waals surface area (Å²) in [7, 11) is 0. The van der Waals surface area contributed by atoms with Gasteiger partial charge in [0.15, 0.2) is 10.9 Å². The second-order valence-electron chi connectivity index (χ2n) is 7.08. The lowest BCUT2D eigenvalue weighted by molar-refractivity contribution is 0.215. The van der Waals surface area contributed by atoms with Crippen LogP contribution in [-0.2, 0) is 0 Å². The molecule has 31 heavy (non-hydrogen) atoms. The third kappa shape index (κ3) is 8.05. The lowest BCUT2D eigenvalue weighted by Crippen LogP contribution is -2.31. The van der Waals surface area contributed by atoms with Crippen molar-refractivity contribution >= 4 is 46.7 Å². The van der Waals surface area contributed by atoms with E-state index in [4.69, 9.17) is 44.9 Å². The van der Waals surface area contributed by atoms with Crippen LogP contribution in [0.2, 0.25) is 10.0 Å². The number of aryl methyl sites for hydroxylation is 1. The first-order valence-electron chi connectivity index (χ1n) is 9.84. The van der Waals surface area contributed by atoms with Gasteiger partial charge in [0.2, 0.25) is 0 Å². The zero-order chi connectivity index (χ0) is 22.8. The van der Waals surface area contributed by atoms with E-state index < -0.39 is 0 Å². The Kier molecular flexibility index (Phi) is 10.1. The van der Waals surface area contributed by atoms with Gasteiger partial charge in [0.25, 0.3) is 0 Å². The molecule has 0 spiro atoms. The number of rotatable bonds is 10. The lowest BCUT2D eigenvalue weighted by Gasteiger charge is -2.16. The molecule has 2 rings (SSSR count). The van der Waals surface area contributed by atoms with Gasteiger partial charge < -0.3 is 14.8 Å². The van der Waals surface area contributed by atoms with Gasteiger partial charge in [-0.15, -0.1) is 6.58 Å². The molecule has 0 aliphatic rings. The monoisotopic (exact) mass is 479 g/mol. The van der Waals surface area contributed by atoms with Gasteiger partial charge >= 0.3 is 0 Å². The van der Waals surface area contributed by atoms with Crippen LogP contribution >= 0.6 is 35.4 Å². The summed E-state index contributed by atoms with van der Waals surface area (Å²) in [6, 6.07) is 9.65. The Morgan fingerprint density at radius 3 is 2.48 bits per heavy atom. The van der Waals surface area contributed by atoms with Gasteiger partial charge in [-0.05, 0) is 59.9 Å². The first kappa shape index (κ1) is 25.0. The van der Waals surface area contributed by atoms with Crippen molar-refractivity contribution in [2.75, 3.05) is 19.8 Å². The molecule has 0 saturated heterocycles. The molecule has 0 aromatic heterocycles. The number of hydrogen-bond acceptors (Lipinski definition) is 4. The van der Waals surface area contributed by atoms with Crippen molar-refractivity contribution in [2.45, 2.75) is 26.7 Å². The van der Waals surface area contributed by atoms with Crippen LogP contribution in [0, 0.1) is 6.92 Å². The molecule has 0 radical (unpaired) electrons. The molecule has 0 amide bonds. The number of nitrogens with one attached hydrogen (secondary N) is 2. The van der Waals surface area contributed by atoms with Crippen molar-refractivity contribution in [1.29, 1.82) is 0 Å². The van der Waals surface area contributed by atoms with E-state index >= 15 is 0 Å². The summed E-state index contributed by atoms with van der Waals surface area (Å²) in [5, 5.41) is 8.13. The maximum atomic E-state index is 6.35. The smallest absolute Gasteiger partial charge is 0.187 e. The van der Waals surface area contributed by atoms with E-state index in [1.165, 1.54) is 0 Å². The Morgan fingerprint density at radius 2 is 1.84 bits per heavy atom. The van der Waals surface area contributed by atoms with E-state index in [-0.39, 0.29) is 0 Å². The Bertz CT molecular complexity index is 925. The van der Waals surface area contributed by atoms with Gasteiger partial charge in [0, 0.05) is 6.54 Å². The maximum absolute atomic E-state index is 6.35. The molecule has 0 unspecified atom stereocenters. The van der Waals surface area contributed by atoms with Crippen LogP contribution in [0.15, 0.2) is 48.1 Å². The molecule has 0 bridgehead atoms. The average Bonchev–Trinajstić information content (AvgIpc) is 2.71. The van der Waals surface area contributed by atoms with Crippen LogP contribution in [0.4, 0.5) is 0 Å². The van der Waals surface area contributed by atoms with Gasteiger partial charge in [0.05, 0.1) is 16.3 Å². The molecule has 0 aliphatic heterocycles. The highest BCUT2D eigenvalue weighted by atomic mass is 35.5. The molecule has 0 fully saturated rings. The summed E-state index contributed by atoms with van der Waals surface area (Å²) in [5.41, 5.74) is 5.72. The zero-order valence-electron chi connectivity index (χ0n) is 17.9. The second kappa shape index (κ2) is 12.5. The molecule has 0 aliphatic carbocycles. The molecule has 0 saturated carbocycles. The summed E-state index contributed by atoms with van der Waals surface area (Å²) in [6.45, 7) is 11.2. The molecule has 166 valence electrons. The largest absolute Gasteiger partial charge is 0.490 e. The van der Waals surface area contributed by atoms with Gasteiger partial charge in [-0.2, -0.15) is 5.10 Å². The van der Waals surface area contributed by atoms with Gasteiger partial charge in [0.1, 0.15) is 19.0 Å². The molecule has 2 aromatic carbocycles. The highest BCUT2D eigenvalue weighted by Gasteiger charge is 2.11. The molecule has 2 N–H and O–H groups in total. The van der Waals surface area contributed by atoms with Crippen LogP contribution in [0.1, 0.15) is 36.5 Å². The van der Waals surface area contributed by atoms with Crippen molar-refractivity contribution in [3.8, 4) is 11.5 Å². The number of thiocarbonyl (C=S) groups is 1. The summed E-state index contributed by atoms with van der Waals surface area (Å²) in [4.78, 5) is 0. The maximum Gasteiger partial charge on any atom is 0.187 e. The minimum atomic E-state index is 0.309. The Morgan fingerprint density at radius 1 is 1.16 bits per heavy atom. The number of halogens is 2. The Balaban J connectivity index is 1.92. The van der Waals surface area contributed by atoms with Crippen LogP contribution in [0.5, 0.6) is 11.5 Å². The highest BCUT2D eigenvalue weighted by Crippen LogP contribution is 2.34. The van der Waals surface area contributed by atoms with Crippen molar-refractivity contribution in [2.24, 2.45) is 5.10 Å². The molecular formula is C23H27Cl2N3O2S. The van der Waals surface area contributed by atoms with Gasteiger partial charge in [-0.3, -0.25) is 5.43 Å². The first-order valence-corrected chi connectivity index (χ1v) is 11.0. The third-order valence-electron chi connectivity index (χ3n) is 4.19. The molecule has 0 heterocycles. The Hall–Kier alpha value is -2.28. The fraction of sp³-hybridized carbons (Fsp3) is 0.304. The summed E-state index contributed by atoms with van der Waals surface area (Å²) in [6.07, 6.45) is 3.27. The topological polar surface area (TPSA) is 54.9 Å². The molecule has 0 atom stereocenters. The fourth-order valence-corrected chi connectivity index (χ4v) is 3.45. The molecular weight excluding hydrogens is 453 g/mol. The van der Waals surface area contributed by atoms with Crippen molar-refractivity contribution in [1.82, 2.24) is 10.7 Å². The number of ether oxygens (including phenoxy) is 2. The number of hydrazone groups is 1. The quantitative estimate of drug-likeness (QED) is 0.147. The van der Waals surface area contributed by atoms with Crippen LogP contribution < -0.4 is 20.2 Å². The van der Waals surface area contributed by atoms with Crippen molar-refractivity contribution < 1.29 is 9.47 Å². The zero-order valence-corrected chi connectivity index (χ0v) is 20.2. The van der Waals surface area contributed by atoms with Crippen LogP contribution in [0.25, 0.3) is 0 Å². The van der Waals surface area contributed by atoms with Gasteiger partial charge in [-0.25, -0.2) is 0 Å². The van der Waals surface area contributed by atoms with E-state index in [2.05, 4.69) is 48.4 Å². The standard InChI is InChI=1S/C23H27Cl2N3O2S/c1-5-8-26-23(31)28-27-14-17-12-19(24)22(20(25)13-17)30-10-9-29-21-11-16(4)6-7-18(21)15(2)3/h5-7,11-15H,1,8-10H2,2-4H3,(H2,26,28,31). The highest BCUT2D eigenvalue weighted by molar-refractivity contribution is 7.80. The lowest BCUT2D eigenvalue weighted by atomic mass is 10.0. The number of benzene rings is 2. The SMILES string of the molecule is C=CCNC(=S)NN=Cc1cc(Cl)c(OCCOc2cc(C)ccc2C(C)C)c(Cl)c1. The average molecular weight is 480 g/mol. The second-order valence-corrected chi connectivity index (χ2v) is 8.30. The minimum absolute atomic E-state index is 0.309. The third-order valence-corrected chi connectivity index (χ3v) is 4.98. The summed E-state index contributed by atoms with van der Waals surface area (Å²) in [5.74, 6) is 1.65. The summed E-state index contributed by atoms with van der Waals surface area (Å²) >= 11 is 17.8. The van der Waals surface area contributed by atoms with E-state index in [0.717, 1.165) is 16.9 Å². The van der Waals surface area contributed by atoms with Crippen LogP contribution in [-0.4, -0.2) is 31.1 Å². The van der Waals surface area contributed by atoms with E-state index in [1.54, 1.807) is 24.4 Å². The predicted molar refractivity (Wildman–Crippen MR) is 134 cm³/mol. The van der Waals surface area contributed by atoms with E-state index in [9.17, 15) is 0 Å². The van der Waals surface area contributed by atoms with Crippen LogP contribution in [0.3, 0.4) is 0 Å². The predicted octanol–water partition coefficient (Wildman–Crippen LogP) is 5.87. The minimum Gasteiger partial charge on any atom is -0.490 e. The first-order chi connectivity index (χ1) is 14.8. The molecule has 2 aromatic rings.